The van der Waals surface area contributed by atoms with Crippen LogP contribution in [0.1, 0.15) is 41.3 Å². The lowest BCUT2D eigenvalue weighted by molar-refractivity contribution is -0.151. The zero-order valence-electron chi connectivity index (χ0n) is 15.0. The Balaban J connectivity index is 1.81. The van der Waals surface area contributed by atoms with E-state index in [-0.39, 0.29) is 24.4 Å². The van der Waals surface area contributed by atoms with Crippen molar-refractivity contribution in [3.05, 3.63) is 34.9 Å². The first kappa shape index (κ1) is 19.0. The van der Waals surface area contributed by atoms with Crippen LogP contribution >= 0.6 is 0 Å². The fourth-order valence-electron chi connectivity index (χ4n) is 2.96. The summed E-state index contributed by atoms with van der Waals surface area (Å²) in [5.74, 6) is -1.08. The number of aryl methyl sites for hydroxylation is 2. The Morgan fingerprint density at radius 1 is 1.12 bits per heavy atom. The van der Waals surface area contributed by atoms with E-state index < -0.39 is 5.97 Å². The molecule has 6 heteroatoms. The fourth-order valence-corrected chi connectivity index (χ4v) is 2.96. The molecule has 0 bridgehead atoms. The molecule has 0 aliphatic carbocycles. The molecule has 136 valence electrons. The van der Waals surface area contributed by atoms with Crippen molar-refractivity contribution in [2.24, 2.45) is 5.92 Å². The van der Waals surface area contributed by atoms with E-state index in [9.17, 15) is 14.4 Å². The standard InChI is InChI=1S/C19H25NO5/c1-4-24-18(22)15-7-9-20(10-8-15)17(21)12-25-19(23)16-6-5-13(2)11-14(16)3/h5-6,11,15H,4,7-10,12H2,1-3H3. The van der Waals surface area contributed by atoms with Crippen molar-refractivity contribution < 1.29 is 23.9 Å². The van der Waals surface area contributed by atoms with Gasteiger partial charge in [-0.25, -0.2) is 4.79 Å². The second-order valence-corrected chi connectivity index (χ2v) is 6.30. The van der Waals surface area contributed by atoms with Crippen LogP contribution in [0.5, 0.6) is 0 Å². The van der Waals surface area contributed by atoms with Crippen LogP contribution in [0.3, 0.4) is 0 Å². The van der Waals surface area contributed by atoms with Gasteiger partial charge in [0.2, 0.25) is 0 Å². The van der Waals surface area contributed by atoms with Crippen LogP contribution < -0.4 is 0 Å². The van der Waals surface area contributed by atoms with Gasteiger partial charge >= 0.3 is 11.9 Å². The van der Waals surface area contributed by atoms with Crippen molar-refractivity contribution in [2.75, 3.05) is 26.3 Å². The van der Waals surface area contributed by atoms with Gasteiger partial charge in [-0.05, 0) is 45.2 Å². The van der Waals surface area contributed by atoms with E-state index in [0.29, 0.717) is 38.1 Å². The zero-order valence-corrected chi connectivity index (χ0v) is 15.0. The van der Waals surface area contributed by atoms with Crippen molar-refractivity contribution in [3.8, 4) is 0 Å². The smallest absolute Gasteiger partial charge is 0.338 e. The Kier molecular flexibility index (Phi) is 6.56. The molecule has 0 radical (unpaired) electrons. The normalized spacial score (nSPS) is 14.9. The summed E-state index contributed by atoms with van der Waals surface area (Å²) in [6.45, 7) is 6.60. The first-order valence-electron chi connectivity index (χ1n) is 8.61. The Morgan fingerprint density at radius 2 is 1.80 bits per heavy atom. The van der Waals surface area contributed by atoms with Gasteiger partial charge in [0.1, 0.15) is 0 Å². The van der Waals surface area contributed by atoms with E-state index in [4.69, 9.17) is 9.47 Å². The number of esters is 2. The number of amides is 1. The molecule has 0 N–H and O–H groups in total. The van der Waals surface area contributed by atoms with E-state index in [1.807, 2.05) is 26.0 Å². The van der Waals surface area contributed by atoms with Crippen LogP contribution in [0.2, 0.25) is 0 Å². The predicted octanol–water partition coefficient (Wildman–Crippen LogP) is 2.26. The predicted molar refractivity (Wildman–Crippen MR) is 92.1 cm³/mol. The third-order valence-electron chi connectivity index (χ3n) is 4.40. The lowest BCUT2D eigenvalue weighted by Gasteiger charge is -2.30. The molecule has 0 spiro atoms. The molecule has 1 saturated heterocycles. The highest BCUT2D eigenvalue weighted by atomic mass is 16.5. The molecule has 1 heterocycles. The highest BCUT2D eigenvalue weighted by Gasteiger charge is 2.28. The minimum atomic E-state index is -0.493. The third kappa shape index (κ3) is 5.05. The maximum Gasteiger partial charge on any atom is 0.338 e. The largest absolute Gasteiger partial charge is 0.466 e. The molecule has 1 aliphatic heterocycles. The number of hydrogen-bond donors (Lipinski definition) is 0. The summed E-state index contributed by atoms with van der Waals surface area (Å²) >= 11 is 0. The topological polar surface area (TPSA) is 72.9 Å². The number of piperidine rings is 1. The number of rotatable bonds is 5. The molecule has 25 heavy (non-hydrogen) atoms. The van der Waals surface area contributed by atoms with Crippen molar-refractivity contribution in [1.82, 2.24) is 4.90 Å². The second kappa shape index (κ2) is 8.65. The second-order valence-electron chi connectivity index (χ2n) is 6.30. The maximum absolute atomic E-state index is 12.2. The molecule has 1 amide bonds. The number of hydrogen-bond acceptors (Lipinski definition) is 5. The first-order valence-corrected chi connectivity index (χ1v) is 8.61. The summed E-state index contributed by atoms with van der Waals surface area (Å²) in [5, 5.41) is 0. The van der Waals surface area contributed by atoms with Gasteiger partial charge in [-0.15, -0.1) is 0 Å². The van der Waals surface area contributed by atoms with Gasteiger partial charge in [-0.2, -0.15) is 0 Å². The van der Waals surface area contributed by atoms with Crippen molar-refractivity contribution in [1.29, 1.82) is 0 Å². The molecule has 1 aliphatic rings. The SMILES string of the molecule is CCOC(=O)C1CCN(C(=O)COC(=O)c2ccc(C)cc2C)CC1. The maximum atomic E-state index is 12.2. The number of ether oxygens (including phenoxy) is 2. The van der Waals surface area contributed by atoms with Crippen molar-refractivity contribution in [3.63, 3.8) is 0 Å². The number of likely N-dealkylation sites (tertiary alicyclic amines) is 1. The van der Waals surface area contributed by atoms with Gasteiger partial charge in [-0.3, -0.25) is 9.59 Å². The Hall–Kier alpha value is -2.37. The van der Waals surface area contributed by atoms with Crippen LogP contribution in [0.15, 0.2) is 18.2 Å². The molecular weight excluding hydrogens is 322 g/mol. The first-order chi connectivity index (χ1) is 11.9. The highest BCUT2D eigenvalue weighted by Crippen LogP contribution is 2.19. The Bertz CT molecular complexity index is 647. The number of carbonyl (C=O) groups is 3. The Morgan fingerprint density at radius 3 is 2.40 bits per heavy atom. The van der Waals surface area contributed by atoms with E-state index in [1.54, 1.807) is 17.9 Å². The highest BCUT2D eigenvalue weighted by molar-refractivity contribution is 5.92. The van der Waals surface area contributed by atoms with Gasteiger partial charge in [-0.1, -0.05) is 17.7 Å². The summed E-state index contributed by atoms with van der Waals surface area (Å²) in [7, 11) is 0. The summed E-state index contributed by atoms with van der Waals surface area (Å²) in [6.07, 6.45) is 1.16. The quantitative estimate of drug-likeness (QED) is 0.764. The van der Waals surface area contributed by atoms with Crippen LogP contribution in [-0.4, -0.2) is 49.0 Å². The molecule has 6 nitrogen and oxygen atoms in total. The number of nitrogens with zero attached hydrogens (tertiary/aromatic N) is 1. The van der Waals surface area contributed by atoms with Gasteiger partial charge in [0.15, 0.2) is 6.61 Å². The van der Waals surface area contributed by atoms with E-state index in [2.05, 4.69) is 0 Å². The molecule has 0 unspecified atom stereocenters. The van der Waals surface area contributed by atoms with Crippen LogP contribution in [0.25, 0.3) is 0 Å². The van der Waals surface area contributed by atoms with Gasteiger partial charge in [0, 0.05) is 13.1 Å². The molecule has 1 aromatic carbocycles. The molecule has 2 rings (SSSR count). The summed E-state index contributed by atoms with van der Waals surface area (Å²) in [6, 6.07) is 5.45. The number of benzene rings is 1. The third-order valence-corrected chi connectivity index (χ3v) is 4.40. The van der Waals surface area contributed by atoms with Crippen molar-refractivity contribution >= 4 is 17.8 Å². The molecule has 1 aromatic rings. The van der Waals surface area contributed by atoms with Crippen LogP contribution in [0, 0.1) is 19.8 Å². The lowest BCUT2D eigenvalue weighted by atomic mass is 9.97. The molecule has 0 saturated carbocycles. The van der Waals surface area contributed by atoms with Crippen LogP contribution in [0.4, 0.5) is 0 Å². The summed E-state index contributed by atoms with van der Waals surface area (Å²) in [5.41, 5.74) is 2.36. The van der Waals surface area contributed by atoms with Gasteiger partial charge in [0.05, 0.1) is 18.1 Å². The van der Waals surface area contributed by atoms with Crippen LogP contribution in [-0.2, 0) is 19.1 Å². The fraction of sp³-hybridized carbons (Fsp3) is 0.526. The average molecular weight is 347 g/mol. The van der Waals surface area contributed by atoms with Gasteiger partial charge < -0.3 is 14.4 Å². The zero-order chi connectivity index (χ0) is 18.4. The van der Waals surface area contributed by atoms with Gasteiger partial charge in [0.25, 0.3) is 5.91 Å². The molecule has 0 atom stereocenters. The number of carbonyl (C=O) groups excluding carboxylic acids is 3. The average Bonchev–Trinajstić information content (AvgIpc) is 2.59. The summed E-state index contributed by atoms with van der Waals surface area (Å²) in [4.78, 5) is 37.7. The van der Waals surface area contributed by atoms with Crippen molar-refractivity contribution in [2.45, 2.75) is 33.6 Å². The Labute approximate surface area is 148 Å². The minimum Gasteiger partial charge on any atom is -0.466 e. The molecular formula is C19H25NO5. The van der Waals surface area contributed by atoms with E-state index in [1.165, 1.54) is 0 Å². The molecule has 0 aromatic heterocycles. The minimum absolute atomic E-state index is 0.151. The van der Waals surface area contributed by atoms with E-state index >= 15 is 0 Å². The molecule has 1 fully saturated rings. The lowest BCUT2D eigenvalue weighted by Crippen LogP contribution is -2.42. The monoisotopic (exact) mass is 347 g/mol. The van der Waals surface area contributed by atoms with E-state index in [0.717, 1.165) is 11.1 Å². The summed E-state index contributed by atoms with van der Waals surface area (Å²) < 4.78 is 10.2.